The molecule has 0 aliphatic carbocycles. The molecule has 4 N–H and O–H groups in total. The van der Waals surface area contributed by atoms with Gasteiger partial charge < -0.3 is 29.7 Å². The average molecular weight is 266 g/mol. The topological polar surface area (TPSA) is 74.3 Å². The van der Waals surface area contributed by atoms with Crippen LogP contribution in [0.1, 0.15) is 0 Å². The van der Waals surface area contributed by atoms with Crippen molar-refractivity contribution in [2.24, 2.45) is 10.8 Å². The SMILES string of the molecule is N=C(N)NN=C=S.[I-].[Na+]. The van der Waals surface area contributed by atoms with Crippen LogP contribution >= 0.6 is 12.2 Å². The third-order valence-corrected chi connectivity index (χ3v) is 0.313. The first kappa shape index (κ1) is 16.4. The van der Waals surface area contributed by atoms with Crippen LogP contribution in [0.5, 0.6) is 0 Å². The predicted octanol–water partition coefficient (Wildman–Crippen LogP) is -6.50. The molecule has 0 aromatic heterocycles. The summed E-state index contributed by atoms with van der Waals surface area (Å²) in [5, 5.41) is 11.6. The Labute approximate surface area is 97.5 Å². The third kappa shape index (κ3) is 17.7. The van der Waals surface area contributed by atoms with Crippen LogP contribution in [-0.2, 0) is 0 Å². The van der Waals surface area contributed by atoms with Gasteiger partial charge in [-0.05, 0) is 12.2 Å². The number of hydrazone groups is 1. The molecule has 0 aromatic rings. The largest absolute Gasteiger partial charge is 1.00 e. The second kappa shape index (κ2) is 11.6. The number of guanidine groups is 1. The van der Waals surface area contributed by atoms with Gasteiger partial charge >= 0.3 is 29.6 Å². The van der Waals surface area contributed by atoms with Crippen molar-refractivity contribution in [2.75, 3.05) is 0 Å². The molecule has 0 rings (SSSR count). The summed E-state index contributed by atoms with van der Waals surface area (Å²) in [5.41, 5.74) is 6.84. The second-order valence-electron chi connectivity index (χ2n) is 0.729. The Hall–Kier alpha value is 0.800. The summed E-state index contributed by atoms with van der Waals surface area (Å²) < 4.78 is 0. The molecule has 0 heterocycles. The summed E-state index contributed by atoms with van der Waals surface area (Å²) in [7, 11) is 0. The Balaban J connectivity index is -0.000000180. The zero-order valence-electron chi connectivity index (χ0n) is 4.81. The van der Waals surface area contributed by atoms with E-state index in [0.717, 1.165) is 0 Å². The van der Waals surface area contributed by atoms with E-state index in [9.17, 15) is 0 Å². The smallest absolute Gasteiger partial charge is 1.00 e. The summed E-state index contributed by atoms with van der Waals surface area (Å²) >= 11 is 4.14. The van der Waals surface area contributed by atoms with E-state index in [1.807, 2.05) is 5.16 Å². The molecule has 0 amide bonds. The first-order valence-electron chi connectivity index (χ1n) is 1.44. The van der Waals surface area contributed by atoms with Crippen molar-refractivity contribution in [2.45, 2.75) is 0 Å². The van der Waals surface area contributed by atoms with Crippen molar-refractivity contribution in [1.82, 2.24) is 5.43 Å². The molecule has 0 aliphatic heterocycles. The minimum atomic E-state index is -0.239. The van der Waals surface area contributed by atoms with Gasteiger partial charge in [-0.3, -0.25) is 5.41 Å². The molecule has 0 spiro atoms. The number of rotatable bonds is 1. The molecule has 0 saturated heterocycles. The number of thiocarbonyl (C=S) groups is 1. The Morgan fingerprint density at radius 3 is 2.33 bits per heavy atom. The molecule has 9 heavy (non-hydrogen) atoms. The normalized spacial score (nSPS) is 4.89. The fraction of sp³-hybridized carbons (Fsp3) is 0. The molecule has 0 aliphatic rings. The third-order valence-electron chi connectivity index (χ3n) is 0.222. The van der Waals surface area contributed by atoms with E-state index in [1.165, 1.54) is 0 Å². The number of nitrogens with zero attached hydrogens (tertiary/aromatic N) is 1. The summed E-state index contributed by atoms with van der Waals surface area (Å²) in [5.74, 6) is -0.239. The molecule has 4 nitrogen and oxygen atoms in total. The second-order valence-corrected chi connectivity index (χ2v) is 0.911. The molecule has 0 radical (unpaired) electrons. The number of hydrogen-bond donors (Lipinski definition) is 3. The van der Waals surface area contributed by atoms with Gasteiger partial charge in [-0.25, -0.2) is 5.43 Å². The first-order valence-corrected chi connectivity index (χ1v) is 1.85. The van der Waals surface area contributed by atoms with E-state index >= 15 is 0 Å². The predicted molar refractivity (Wildman–Crippen MR) is 30.1 cm³/mol. The van der Waals surface area contributed by atoms with E-state index < -0.39 is 0 Å². The molecule has 0 saturated carbocycles. The molecule has 0 bridgehead atoms. The van der Waals surface area contributed by atoms with Gasteiger partial charge in [0.1, 0.15) is 0 Å². The fourth-order valence-electron chi connectivity index (χ4n) is 0.0830. The number of nitrogens with one attached hydrogen (secondary N) is 2. The summed E-state index contributed by atoms with van der Waals surface area (Å²) in [6.07, 6.45) is 0. The van der Waals surface area contributed by atoms with Gasteiger partial charge in [-0.2, -0.15) is 0 Å². The monoisotopic (exact) mass is 266 g/mol. The molecule has 46 valence electrons. The van der Waals surface area contributed by atoms with Gasteiger partial charge in [0.2, 0.25) is 5.96 Å². The van der Waals surface area contributed by atoms with Crippen LogP contribution < -0.4 is 64.7 Å². The maximum absolute atomic E-state index is 6.48. The van der Waals surface area contributed by atoms with E-state index in [-0.39, 0.29) is 59.5 Å². The summed E-state index contributed by atoms with van der Waals surface area (Å²) in [6, 6.07) is 0. The van der Waals surface area contributed by atoms with Crippen molar-refractivity contribution < 1.29 is 53.5 Å². The fourth-order valence-corrected chi connectivity index (χ4v) is 0.129. The van der Waals surface area contributed by atoms with Crippen LogP contribution in [0.15, 0.2) is 5.10 Å². The first-order chi connectivity index (χ1) is 3.27. The zero-order chi connectivity index (χ0) is 5.70. The number of hydrogen-bond acceptors (Lipinski definition) is 3. The van der Waals surface area contributed by atoms with Crippen LogP contribution in [0.2, 0.25) is 0 Å². The van der Waals surface area contributed by atoms with Crippen LogP contribution in [0.4, 0.5) is 0 Å². The maximum atomic E-state index is 6.48. The Morgan fingerprint density at radius 2 is 2.22 bits per heavy atom. The quantitative estimate of drug-likeness (QED) is 0.110. The number of isothiocyanates is 1. The summed E-state index contributed by atoms with van der Waals surface area (Å²) in [6.45, 7) is 0. The molecule has 0 unspecified atom stereocenters. The van der Waals surface area contributed by atoms with E-state index in [2.05, 4.69) is 22.7 Å². The van der Waals surface area contributed by atoms with Gasteiger partial charge in [-0.1, -0.05) is 0 Å². The standard InChI is InChI=1S/C2H4N4S.HI.Na/c3-2(4)6-5-1-7;;/h(H4,3,4,6);1H;/q;;+1/p-1. The summed E-state index contributed by atoms with van der Waals surface area (Å²) in [4.78, 5) is 0. The average Bonchev–Trinajstić information content (AvgIpc) is 1.61. The van der Waals surface area contributed by atoms with Crippen molar-refractivity contribution >= 4 is 23.3 Å². The van der Waals surface area contributed by atoms with Crippen LogP contribution in [-0.4, -0.2) is 11.1 Å². The van der Waals surface area contributed by atoms with E-state index in [0.29, 0.717) is 0 Å². The van der Waals surface area contributed by atoms with E-state index in [4.69, 9.17) is 11.1 Å². The van der Waals surface area contributed by atoms with Gasteiger partial charge in [0.05, 0.1) is 5.16 Å². The van der Waals surface area contributed by atoms with Crippen molar-refractivity contribution in [1.29, 1.82) is 5.41 Å². The molecule has 0 aromatic carbocycles. The Bertz CT molecular complexity index is 122. The van der Waals surface area contributed by atoms with Gasteiger partial charge in [0.15, 0.2) is 0 Å². The van der Waals surface area contributed by atoms with E-state index in [1.54, 1.807) is 0 Å². The van der Waals surface area contributed by atoms with Crippen molar-refractivity contribution in [3.05, 3.63) is 0 Å². The molecule has 0 atom stereocenters. The van der Waals surface area contributed by atoms with Gasteiger partial charge in [0.25, 0.3) is 0 Å². The molecule has 0 fully saturated rings. The van der Waals surface area contributed by atoms with Crippen molar-refractivity contribution in [3.8, 4) is 0 Å². The molecular formula is C2H4IN4NaS. The zero-order valence-corrected chi connectivity index (χ0v) is 9.78. The van der Waals surface area contributed by atoms with Crippen LogP contribution in [0.3, 0.4) is 0 Å². The number of halogens is 1. The minimum Gasteiger partial charge on any atom is -1.00 e. The Morgan fingerprint density at radius 1 is 1.78 bits per heavy atom. The van der Waals surface area contributed by atoms with Crippen LogP contribution in [0.25, 0.3) is 0 Å². The van der Waals surface area contributed by atoms with Gasteiger partial charge in [0, 0.05) is 0 Å². The maximum Gasteiger partial charge on any atom is 1.00 e. The van der Waals surface area contributed by atoms with Gasteiger partial charge in [-0.15, -0.1) is 5.10 Å². The Kier molecular flexibility index (Phi) is 21.1. The van der Waals surface area contributed by atoms with Crippen molar-refractivity contribution in [3.63, 3.8) is 0 Å². The minimum absolute atomic E-state index is 0. The number of nitrogens with two attached hydrogens (primary N) is 1. The molecule has 7 heteroatoms. The molecular weight excluding hydrogens is 262 g/mol. The van der Waals surface area contributed by atoms with Crippen LogP contribution in [0, 0.1) is 5.41 Å².